The summed E-state index contributed by atoms with van der Waals surface area (Å²) < 4.78 is 6.14. The second-order valence-electron chi connectivity index (χ2n) is 12.0. The van der Waals surface area contributed by atoms with Gasteiger partial charge in [0.05, 0.1) is 7.11 Å². The van der Waals surface area contributed by atoms with Crippen molar-refractivity contribution in [1.82, 2.24) is 0 Å². The van der Waals surface area contributed by atoms with E-state index in [1.54, 1.807) is 7.11 Å². The van der Waals surface area contributed by atoms with Crippen LogP contribution in [0.5, 0.6) is 11.5 Å². The Balaban J connectivity index is 2.91. The van der Waals surface area contributed by atoms with E-state index in [-0.39, 0.29) is 22.2 Å². The molecule has 0 bridgehead atoms. The highest BCUT2D eigenvalue weighted by Crippen LogP contribution is 2.46. The third-order valence-electron chi connectivity index (χ3n) is 8.80. The summed E-state index contributed by atoms with van der Waals surface area (Å²) in [6.07, 6.45) is 3.95. The molecule has 2 aromatic rings. The summed E-state index contributed by atoms with van der Waals surface area (Å²) in [5.74, 6) is 1.41. The Morgan fingerprint density at radius 2 is 1.21 bits per heavy atom. The number of phenols is 1. The van der Waals surface area contributed by atoms with Crippen LogP contribution in [0.4, 0.5) is 0 Å². The predicted molar refractivity (Wildman–Crippen MR) is 148 cm³/mol. The third-order valence-corrected chi connectivity index (χ3v) is 8.80. The zero-order valence-electron chi connectivity index (χ0n) is 24.1. The Morgan fingerprint density at radius 1 is 0.735 bits per heavy atom. The average molecular weight is 467 g/mol. The van der Waals surface area contributed by atoms with Crippen LogP contribution in [0.1, 0.15) is 135 Å². The van der Waals surface area contributed by atoms with Gasteiger partial charge in [-0.25, -0.2) is 0 Å². The Morgan fingerprint density at radius 3 is 1.65 bits per heavy atom. The van der Waals surface area contributed by atoms with Crippen LogP contribution < -0.4 is 4.74 Å². The summed E-state index contributed by atoms with van der Waals surface area (Å²) in [6.45, 7) is 24.9. The molecule has 0 aliphatic carbocycles. The fourth-order valence-corrected chi connectivity index (χ4v) is 4.57. The van der Waals surface area contributed by atoms with Gasteiger partial charge in [0.1, 0.15) is 11.5 Å². The summed E-state index contributed by atoms with van der Waals surface area (Å²) in [7, 11) is 1.79. The number of hydrogen-bond donors (Lipinski definition) is 1. The highest BCUT2D eigenvalue weighted by atomic mass is 16.5. The molecule has 190 valence electrons. The lowest BCUT2D eigenvalue weighted by Crippen LogP contribution is -2.22. The molecule has 0 heterocycles. The fraction of sp³-hybridized carbons (Fsp3) is 0.625. The van der Waals surface area contributed by atoms with Crippen molar-refractivity contribution in [2.45, 2.75) is 124 Å². The number of phenolic OH excluding ortho intramolecular Hbond substituents is 1. The molecule has 0 radical (unpaired) electrons. The van der Waals surface area contributed by atoms with E-state index in [2.05, 4.69) is 100 Å². The van der Waals surface area contributed by atoms with Crippen molar-refractivity contribution in [3.05, 3.63) is 57.6 Å². The van der Waals surface area contributed by atoms with Crippen molar-refractivity contribution in [2.24, 2.45) is 0 Å². The minimum absolute atomic E-state index is 0.00636. The third kappa shape index (κ3) is 5.31. The van der Waals surface area contributed by atoms with Crippen LogP contribution in [-0.2, 0) is 22.7 Å². The van der Waals surface area contributed by atoms with E-state index in [1.165, 1.54) is 22.3 Å². The Hall–Kier alpha value is -1.96. The first-order valence-electron chi connectivity index (χ1n) is 13.3. The Kier molecular flexibility index (Phi) is 8.60. The summed E-state index contributed by atoms with van der Waals surface area (Å²) in [5, 5.41) is 11.4. The van der Waals surface area contributed by atoms with E-state index in [4.69, 9.17) is 4.74 Å². The molecule has 1 unspecified atom stereocenters. The molecule has 0 fully saturated rings. The van der Waals surface area contributed by atoms with Gasteiger partial charge in [-0.1, -0.05) is 100 Å². The molecule has 1 atom stereocenters. The molecule has 0 spiro atoms. The zero-order valence-corrected chi connectivity index (χ0v) is 24.1. The minimum atomic E-state index is -0.0116. The quantitative estimate of drug-likeness (QED) is 0.378. The number of ether oxygens (including phenoxy) is 1. The van der Waals surface area contributed by atoms with E-state index in [0.717, 1.165) is 42.6 Å². The van der Waals surface area contributed by atoms with Gasteiger partial charge in [-0.2, -0.15) is 0 Å². The van der Waals surface area contributed by atoms with Crippen LogP contribution in [0.3, 0.4) is 0 Å². The summed E-state index contributed by atoms with van der Waals surface area (Å²) in [6, 6.07) is 9.15. The molecule has 0 amide bonds. The van der Waals surface area contributed by atoms with Gasteiger partial charge in [0.25, 0.3) is 0 Å². The van der Waals surface area contributed by atoms with Crippen LogP contribution in [0.25, 0.3) is 0 Å². The molecule has 2 aromatic carbocycles. The molecule has 2 nitrogen and oxygen atoms in total. The van der Waals surface area contributed by atoms with E-state index < -0.39 is 0 Å². The van der Waals surface area contributed by atoms with Gasteiger partial charge in [-0.3, -0.25) is 0 Å². The number of aryl methyl sites for hydroxylation is 1. The van der Waals surface area contributed by atoms with Crippen molar-refractivity contribution in [3.8, 4) is 11.5 Å². The summed E-state index contributed by atoms with van der Waals surface area (Å²) in [4.78, 5) is 0. The molecule has 0 saturated heterocycles. The normalized spacial score (nSPS) is 13.8. The van der Waals surface area contributed by atoms with E-state index in [9.17, 15) is 5.11 Å². The van der Waals surface area contributed by atoms with Gasteiger partial charge in [-0.05, 0) is 58.6 Å². The first-order valence-corrected chi connectivity index (χ1v) is 13.3. The summed E-state index contributed by atoms with van der Waals surface area (Å²) in [5.41, 5.74) is 7.20. The molecule has 1 N–H and O–H groups in total. The highest BCUT2D eigenvalue weighted by Gasteiger charge is 2.32. The summed E-state index contributed by atoms with van der Waals surface area (Å²) >= 11 is 0. The van der Waals surface area contributed by atoms with Crippen molar-refractivity contribution in [1.29, 1.82) is 0 Å². The molecule has 2 heteroatoms. The maximum absolute atomic E-state index is 11.4. The molecule has 0 aliphatic heterocycles. The van der Waals surface area contributed by atoms with Gasteiger partial charge in [0.2, 0.25) is 0 Å². The van der Waals surface area contributed by atoms with E-state index in [1.807, 2.05) is 0 Å². The van der Waals surface area contributed by atoms with Crippen molar-refractivity contribution < 1.29 is 9.84 Å². The average Bonchev–Trinajstić information content (AvgIpc) is 2.82. The first kappa shape index (κ1) is 28.3. The van der Waals surface area contributed by atoms with Crippen LogP contribution in [0, 0.1) is 0 Å². The van der Waals surface area contributed by atoms with Crippen molar-refractivity contribution >= 4 is 0 Å². The molecule has 34 heavy (non-hydrogen) atoms. The fourth-order valence-electron chi connectivity index (χ4n) is 4.57. The van der Waals surface area contributed by atoms with Gasteiger partial charge in [0, 0.05) is 22.6 Å². The first-order chi connectivity index (χ1) is 15.7. The molecular weight excluding hydrogens is 416 g/mol. The monoisotopic (exact) mass is 466 g/mol. The number of rotatable bonds is 10. The van der Waals surface area contributed by atoms with Crippen LogP contribution in [-0.4, -0.2) is 12.2 Å². The largest absolute Gasteiger partial charge is 0.507 e. The van der Waals surface area contributed by atoms with Gasteiger partial charge < -0.3 is 9.84 Å². The van der Waals surface area contributed by atoms with Crippen molar-refractivity contribution in [2.75, 3.05) is 7.11 Å². The minimum Gasteiger partial charge on any atom is -0.507 e. The van der Waals surface area contributed by atoms with Crippen molar-refractivity contribution in [3.63, 3.8) is 0 Å². The number of methoxy groups -OCH3 is 1. The maximum atomic E-state index is 11.4. The number of benzene rings is 2. The second-order valence-corrected chi connectivity index (χ2v) is 12.0. The standard InChI is InChI=1S/C32H50O2/c1-13-22-17-23(30(6,7)14-2)18-25(28(22)33)21(5)26-19-24(31(8,9)15-3)20-27(29(26)34-12)32(10,11)16-4/h17-21,33H,13-16H2,1-12H3. The smallest absolute Gasteiger partial charge is 0.126 e. The van der Waals surface area contributed by atoms with Gasteiger partial charge >= 0.3 is 0 Å². The molecule has 0 aliphatic rings. The van der Waals surface area contributed by atoms with Crippen LogP contribution in [0.15, 0.2) is 24.3 Å². The van der Waals surface area contributed by atoms with Crippen LogP contribution >= 0.6 is 0 Å². The number of hydrogen-bond acceptors (Lipinski definition) is 2. The van der Waals surface area contributed by atoms with Crippen LogP contribution in [0.2, 0.25) is 0 Å². The Bertz CT molecular complexity index is 995. The highest BCUT2D eigenvalue weighted by molar-refractivity contribution is 5.57. The molecule has 0 aromatic heterocycles. The lowest BCUT2D eigenvalue weighted by molar-refractivity contribution is 0.380. The molecular formula is C32H50O2. The van der Waals surface area contributed by atoms with Gasteiger partial charge in [0.15, 0.2) is 0 Å². The van der Waals surface area contributed by atoms with Gasteiger partial charge in [-0.15, -0.1) is 0 Å². The topological polar surface area (TPSA) is 29.5 Å². The number of aromatic hydroxyl groups is 1. The molecule has 2 rings (SSSR count). The predicted octanol–water partition coefficient (Wildman–Crippen LogP) is 9.18. The lowest BCUT2D eigenvalue weighted by Gasteiger charge is -2.33. The lowest BCUT2D eigenvalue weighted by atomic mass is 9.73. The maximum Gasteiger partial charge on any atom is 0.126 e. The van der Waals surface area contributed by atoms with E-state index >= 15 is 0 Å². The zero-order chi connectivity index (χ0) is 26.1. The second kappa shape index (κ2) is 10.3. The molecule has 0 saturated carbocycles. The van der Waals surface area contributed by atoms with E-state index in [0.29, 0.717) is 5.75 Å². The SMILES string of the molecule is CCc1cc(C(C)(C)CC)cc(C(C)c2cc(C(C)(C)CC)cc(C(C)(C)CC)c2OC)c1O. The Labute approximate surface area is 210 Å².